The molecule has 0 aromatic heterocycles. The Morgan fingerprint density at radius 2 is 1.67 bits per heavy atom. The van der Waals surface area contributed by atoms with Crippen LogP contribution in [0.4, 0.5) is 4.79 Å². The zero-order valence-electron chi connectivity index (χ0n) is 19.1. The number of rotatable bonds is 5. The highest BCUT2D eigenvalue weighted by Crippen LogP contribution is 2.37. The summed E-state index contributed by atoms with van der Waals surface area (Å²) < 4.78 is 21.9. The maximum Gasteiger partial charge on any atom is 0.408 e. The van der Waals surface area contributed by atoms with E-state index in [9.17, 15) is 19.2 Å². The van der Waals surface area contributed by atoms with E-state index in [2.05, 4.69) is 5.32 Å². The van der Waals surface area contributed by atoms with Crippen LogP contribution in [0.25, 0.3) is 0 Å². The van der Waals surface area contributed by atoms with E-state index in [1.165, 1.54) is 7.11 Å². The third kappa shape index (κ3) is 6.75. The van der Waals surface area contributed by atoms with Crippen LogP contribution >= 0.6 is 20.7 Å². The van der Waals surface area contributed by atoms with Gasteiger partial charge in [0.15, 0.2) is 3.51 Å². The summed E-state index contributed by atoms with van der Waals surface area (Å²) in [4.78, 5) is 49.1. The Kier molecular flexibility index (Phi) is 7.76. The van der Waals surface area contributed by atoms with Crippen LogP contribution < -0.4 is 5.32 Å². The summed E-state index contributed by atoms with van der Waals surface area (Å²) in [7, 11) is 1.24. The van der Waals surface area contributed by atoms with Crippen LogP contribution in [0.15, 0.2) is 24.3 Å². The van der Waals surface area contributed by atoms with Crippen LogP contribution in [0.5, 0.6) is 0 Å². The second kappa shape index (κ2) is 10.2. The summed E-state index contributed by atoms with van der Waals surface area (Å²) in [6, 6.07) is 6.21. The first-order chi connectivity index (χ1) is 15.5. The van der Waals surface area contributed by atoms with Crippen molar-refractivity contribution in [3.05, 3.63) is 33.4 Å². The van der Waals surface area contributed by atoms with Crippen LogP contribution in [0.3, 0.4) is 0 Å². The molecule has 1 atom stereocenters. The molecule has 1 aliphatic heterocycles. The van der Waals surface area contributed by atoms with Gasteiger partial charge in [0.25, 0.3) is 5.79 Å². The predicted octanol–water partition coefficient (Wildman–Crippen LogP) is 2.98. The van der Waals surface area contributed by atoms with Gasteiger partial charge in [0.05, 0.1) is 7.11 Å². The van der Waals surface area contributed by atoms with Crippen molar-refractivity contribution < 1.29 is 38.1 Å². The topological polar surface area (TPSA) is 117 Å². The second-order valence-corrected chi connectivity index (χ2v) is 11.7. The van der Waals surface area contributed by atoms with Gasteiger partial charge in [-0.25, -0.2) is 19.2 Å². The van der Waals surface area contributed by atoms with Crippen LogP contribution in [-0.2, 0) is 39.8 Å². The molecule has 2 fully saturated rings. The van der Waals surface area contributed by atoms with E-state index in [0.717, 1.165) is 22.0 Å². The van der Waals surface area contributed by atoms with Gasteiger partial charge in [-0.05, 0) is 51.3 Å². The summed E-state index contributed by atoms with van der Waals surface area (Å²) in [6.07, 6.45) is 2.29. The van der Waals surface area contributed by atoms with Gasteiger partial charge in [-0.2, -0.15) is 0 Å². The maximum absolute atomic E-state index is 12.5. The van der Waals surface area contributed by atoms with Gasteiger partial charge in [0.1, 0.15) is 11.6 Å². The third-order valence-electron chi connectivity index (χ3n) is 5.01. The number of esters is 3. The average molecular weight is 573 g/mol. The lowest BCUT2D eigenvalue weighted by atomic mass is 10.1. The van der Waals surface area contributed by atoms with Crippen molar-refractivity contribution in [2.75, 3.05) is 7.11 Å². The van der Waals surface area contributed by atoms with Crippen molar-refractivity contribution >= 4 is 48.2 Å². The van der Waals surface area contributed by atoms with Gasteiger partial charge in [-0.15, -0.1) is 0 Å². The first-order valence-electron chi connectivity index (χ1n) is 10.6. The van der Waals surface area contributed by atoms with Crippen LogP contribution in [0.1, 0.15) is 52.0 Å². The molecule has 0 radical (unpaired) electrons. The number of carbonyl (C=O) groups excluding carboxylic acids is 4. The molecule has 1 aromatic rings. The van der Waals surface area contributed by atoms with Crippen molar-refractivity contribution in [2.45, 2.75) is 70.3 Å². The summed E-state index contributed by atoms with van der Waals surface area (Å²) >= 11 is -1.10. The molecule has 3 rings (SSSR count). The molecule has 180 valence electrons. The van der Waals surface area contributed by atoms with Crippen molar-refractivity contribution in [1.82, 2.24) is 5.32 Å². The molecule has 1 spiro atoms. The van der Waals surface area contributed by atoms with Gasteiger partial charge >= 0.3 is 24.0 Å². The number of hydrogen-bond acceptors (Lipinski definition) is 8. The fourth-order valence-corrected chi connectivity index (χ4v) is 5.54. The molecular formula is C23H28INO8. The SMILES string of the molecule is COC(=O)[C@H](Cc1ccc(I=C2C(=O)OC3(CCCC3)OC2=O)cc1)NC(=O)OC(C)(C)C. The molecule has 1 amide bonds. The first kappa shape index (κ1) is 25.1. The van der Waals surface area contributed by atoms with E-state index >= 15 is 0 Å². The van der Waals surface area contributed by atoms with Crippen molar-refractivity contribution in [2.24, 2.45) is 0 Å². The second-order valence-electron chi connectivity index (χ2n) is 8.86. The molecule has 1 aromatic carbocycles. The molecular weight excluding hydrogens is 545 g/mol. The Morgan fingerprint density at radius 3 is 2.18 bits per heavy atom. The molecule has 1 N–H and O–H groups in total. The van der Waals surface area contributed by atoms with Gasteiger partial charge in [0.2, 0.25) is 0 Å². The standard InChI is InChI=1S/C23H28INO8/c1-22(2,3)33-21(29)25-16(18(26)30-4)13-14-7-9-15(10-8-14)24-17-19(27)31-23(32-20(17)28)11-5-6-12-23/h7-10,16H,5-6,11-13H2,1-4H3,(H,25,29)/t16-/m0/s1. The Morgan fingerprint density at radius 1 is 1.09 bits per heavy atom. The smallest absolute Gasteiger partial charge is 0.408 e. The van der Waals surface area contributed by atoms with Gasteiger partial charge in [0, 0.05) is 22.8 Å². The lowest BCUT2D eigenvalue weighted by Gasteiger charge is -2.32. The van der Waals surface area contributed by atoms with Gasteiger partial charge < -0.3 is 24.3 Å². The molecule has 33 heavy (non-hydrogen) atoms. The Bertz CT molecular complexity index is 936. The minimum atomic E-state index is -1.10. The molecule has 10 heteroatoms. The molecule has 1 aliphatic carbocycles. The number of alkyl carbamates (subject to hydrolysis) is 1. The lowest BCUT2D eigenvalue weighted by Crippen LogP contribution is -2.48. The van der Waals surface area contributed by atoms with Crippen molar-refractivity contribution in [1.29, 1.82) is 0 Å². The van der Waals surface area contributed by atoms with Gasteiger partial charge in [-0.3, -0.25) is 0 Å². The number of ether oxygens (including phenoxy) is 4. The van der Waals surface area contributed by atoms with E-state index < -0.39 is 62.2 Å². The molecule has 1 saturated heterocycles. The first-order valence-corrected chi connectivity index (χ1v) is 12.8. The highest BCUT2D eigenvalue weighted by atomic mass is 127. The summed E-state index contributed by atoms with van der Waals surface area (Å²) in [6.45, 7) is 5.18. The number of benzene rings is 1. The largest absolute Gasteiger partial charge is 0.467 e. The number of hydrogen-bond donors (Lipinski definition) is 1. The average Bonchev–Trinajstić information content (AvgIpc) is 3.16. The fraction of sp³-hybridized carbons (Fsp3) is 0.522. The zero-order valence-corrected chi connectivity index (χ0v) is 21.2. The van der Waals surface area contributed by atoms with E-state index in [0.29, 0.717) is 12.8 Å². The van der Waals surface area contributed by atoms with E-state index in [1.807, 2.05) is 0 Å². The molecule has 0 bridgehead atoms. The minimum Gasteiger partial charge on any atom is -0.467 e. The predicted molar refractivity (Wildman–Crippen MR) is 126 cm³/mol. The fourth-order valence-electron chi connectivity index (χ4n) is 3.54. The molecule has 2 aliphatic rings. The number of halogens is 1. The summed E-state index contributed by atoms with van der Waals surface area (Å²) in [5, 5.41) is 2.53. The number of methoxy groups -OCH3 is 1. The van der Waals surface area contributed by atoms with Gasteiger partial charge in [-0.1, -0.05) is 32.9 Å². The minimum absolute atomic E-state index is 0.0677. The summed E-state index contributed by atoms with van der Waals surface area (Å²) in [5.74, 6) is -2.84. The lowest BCUT2D eigenvalue weighted by molar-refractivity contribution is -0.224. The molecule has 9 nitrogen and oxygen atoms in total. The quantitative estimate of drug-likeness (QED) is 0.325. The summed E-state index contributed by atoms with van der Waals surface area (Å²) in [5.41, 5.74) is 0.0601. The van der Waals surface area contributed by atoms with E-state index in [-0.39, 0.29) is 9.93 Å². The Hall–Kier alpha value is -2.50. The van der Waals surface area contributed by atoms with E-state index in [4.69, 9.17) is 18.9 Å². The van der Waals surface area contributed by atoms with Crippen LogP contribution in [-0.4, -0.2) is 52.0 Å². The molecule has 1 heterocycles. The monoisotopic (exact) mass is 573 g/mol. The Labute approximate surface area is 202 Å². The van der Waals surface area contributed by atoms with E-state index in [1.54, 1.807) is 45.0 Å². The third-order valence-corrected chi connectivity index (χ3v) is 7.78. The number of carbonyl (C=O) groups is 4. The molecule has 0 unspecified atom stereocenters. The highest BCUT2D eigenvalue weighted by Gasteiger charge is 2.48. The zero-order chi connectivity index (χ0) is 24.2. The highest BCUT2D eigenvalue weighted by molar-refractivity contribution is 14.2. The van der Waals surface area contributed by atoms with Crippen LogP contribution in [0.2, 0.25) is 0 Å². The maximum atomic E-state index is 12.5. The Balaban J connectivity index is 1.68. The van der Waals surface area contributed by atoms with Crippen molar-refractivity contribution in [3.8, 4) is 0 Å². The molecule has 1 saturated carbocycles. The van der Waals surface area contributed by atoms with Crippen molar-refractivity contribution in [3.63, 3.8) is 0 Å². The number of amides is 1. The number of nitrogens with one attached hydrogen (secondary N) is 1. The van der Waals surface area contributed by atoms with Crippen LogP contribution in [0, 0.1) is 3.57 Å². The normalized spacial score (nSPS) is 18.4.